The lowest BCUT2D eigenvalue weighted by Gasteiger charge is -2.35. The number of anilines is 1. The van der Waals surface area contributed by atoms with Crippen molar-refractivity contribution in [2.24, 2.45) is 0 Å². The van der Waals surface area contributed by atoms with Crippen LogP contribution in [-0.4, -0.2) is 77.1 Å². The predicted octanol–water partition coefficient (Wildman–Crippen LogP) is 1.92. The Hall–Kier alpha value is -2.45. The summed E-state index contributed by atoms with van der Waals surface area (Å²) in [5, 5.41) is 10.9. The second kappa shape index (κ2) is 7.06. The minimum atomic E-state index is -1.14. The van der Waals surface area contributed by atoms with Crippen molar-refractivity contribution in [3.63, 3.8) is 0 Å². The second-order valence-electron chi connectivity index (χ2n) is 8.56. The van der Waals surface area contributed by atoms with E-state index >= 15 is 0 Å². The lowest BCUT2D eigenvalue weighted by atomic mass is 10.1. The van der Waals surface area contributed by atoms with Crippen LogP contribution in [0.4, 0.5) is 5.69 Å². The number of hydrogen-bond acceptors (Lipinski definition) is 6. The summed E-state index contributed by atoms with van der Waals surface area (Å²) in [6.45, 7) is 4.82. The van der Waals surface area contributed by atoms with Crippen LogP contribution >= 0.6 is 11.3 Å². The van der Waals surface area contributed by atoms with Crippen LogP contribution in [-0.2, 0) is 11.2 Å². The molecule has 1 N–H and O–H groups in total. The van der Waals surface area contributed by atoms with E-state index in [0.29, 0.717) is 43.9 Å². The van der Waals surface area contributed by atoms with Crippen molar-refractivity contribution in [3.05, 3.63) is 34.3 Å². The van der Waals surface area contributed by atoms with Crippen LogP contribution in [0.2, 0.25) is 0 Å². The van der Waals surface area contributed by atoms with Crippen LogP contribution in [0.5, 0.6) is 0 Å². The van der Waals surface area contributed by atoms with Crippen molar-refractivity contribution < 1.29 is 14.7 Å². The molecule has 0 spiro atoms. The molecule has 0 bridgehead atoms. The van der Waals surface area contributed by atoms with Gasteiger partial charge in [-0.3, -0.25) is 9.59 Å². The Bertz CT molecular complexity index is 1020. The number of likely N-dealkylation sites (N-methyl/N-ethyl adjacent to an activating group) is 1. The van der Waals surface area contributed by atoms with Gasteiger partial charge in [0, 0.05) is 51.0 Å². The molecule has 2 aromatic rings. The van der Waals surface area contributed by atoms with Crippen LogP contribution in [0.25, 0.3) is 10.6 Å². The highest BCUT2D eigenvalue weighted by molar-refractivity contribution is 7.17. The first-order chi connectivity index (χ1) is 14.4. The average molecular weight is 427 g/mol. The first-order valence-corrected chi connectivity index (χ1v) is 11.3. The van der Waals surface area contributed by atoms with Crippen LogP contribution in [0.3, 0.4) is 0 Å². The summed E-state index contributed by atoms with van der Waals surface area (Å²) in [5.41, 5.74) is 3.27. The Morgan fingerprint density at radius 1 is 1.10 bits per heavy atom. The number of aliphatic hydroxyl groups is 1. The maximum absolute atomic E-state index is 13.1. The molecular formula is C22H26N4O3S. The molecule has 30 heavy (non-hydrogen) atoms. The summed E-state index contributed by atoms with van der Waals surface area (Å²) >= 11 is 1.45. The van der Waals surface area contributed by atoms with Crippen molar-refractivity contribution in [2.45, 2.75) is 31.8 Å². The Kier molecular flexibility index (Phi) is 4.59. The standard InChI is InChI=1S/C22H26N4O3S/c1-14-18(20(27)25-9-11-26(12-10-25)21(28)22(29)6-7-22)30-19(23-14)16-3-4-17-15(13-16)5-8-24(17)2/h3-4,13,29H,5-12H2,1-2H3. The fourth-order valence-corrected chi connectivity index (χ4v) is 5.33. The monoisotopic (exact) mass is 426 g/mol. The van der Waals surface area contributed by atoms with E-state index in [9.17, 15) is 14.7 Å². The maximum atomic E-state index is 13.1. The number of piperazine rings is 1. The van der Waals surface area contributed by atoms with Gasteiger partial charge in [-0.2, -0.15) is 0 Å². The van der Waals surface area contributed by atoms with Gasteiger partial charge in [-0.15, -0.1) is 11.3 Å². The largest absolute Gasteiger partial charge is 0.380 e. The number of thiazole rings is 1. The van der Waals surface area contributed by atoms with Gasteiger partial charge in [0.25, 0.3) is 11.8 Å². The molecule has 8 heteroatoms. The van der Waals surface area contributed by atoms with E-state index in [-0.39, 0.29) is 11.8 Å². The molecular weight excluding hydrogens is 400 g/mol. The van der Waals surface area contributed by atoms with Gasteiger partial charge >= 0.3 is 0 Å². The molecule has 0 atom stereocenters. The van der Waals surface area contributed by atoms with Gasteiger partial charge in [-0.25, -0.2) is 4.98 Å². The zero-order valence-electron chi connectivity index (χ0n) is 17.3. The van der Waals surface area contributed by atoms with Crippen LogP contribution < -0.4 is 4.90 Å². The third kappa shape index (κ3) is 3.28. The summed E-state index contributed by atoms with van der Waals surface area (Å²) in [7, 11) is 2.11. The van der Waals surface area contributed by atoms with Gasteiger partial charge in [0.1, 0.15) is 15.5 Å². The number of benzene rings is 1. The third-order valence-corrected chi connectivity index (χ3v) is 7.62. The third-order valence-electron chi connectivity index (χ3n) is 6.42. The van der Waals surface area contributed by atoms with E-state index in [2.05, 4.69) is 35.1 Å². The normalized spacial score (nSPS) is 19.8. The van der Waals surface area contributed by atoms with Gasteiger partial charge < -0.3 is 19.8 Å². The number of carbonyl (C=O) groups excluding carboxylic acids is 2. The molecule has 7 nitrogen and oxygen atoms in total. The number of hydrogen-bond donors (Lipinski definition) is 1. The van der Waals surface area contributed by atoms with Crippen molar-refractivity contribution in [2.75, 3.05) is 44.7 Å². The van der Waals surface area contributed by atoms with E-state index in [1.807, 2.05) is 6.92 Å². The van der Waals surface area contributed by atoms with Gasteiger partial charge in [-0.05, 0) is 49.9 Å². The lowest BCUT2D eigenvalue weighted by molar-refractivity contribution is -0.143. The molecule has 1 saturated carbocycles. The minimum absolute atomic E-state index is 0.0191. The zero-order chi connectivity index (χ0) is 21.0. The molecule has 3 heterocycles. The molecule has 1 aromatic carbocycles. The van der Waals surface area contributed by atoms with Crippen LogP contribution in [0.1, 0.15) is 33.8 Å². The number of carbonyl (C=O) groups is 2. The summed E-state index contributed by atoms with van der Waals surface area (Å²) in [5.74, 6) is -0.206. The molecule has 1 aromatic heterocycles. The van der Waals surface area contributed by atoms with Gasteiger partial charge in [0.2, 0.25) is 0 Å². The van der Waals surface area contributed by atoms with E-state index in [4.69, 9.17) is 0 Å². The summed E-state index contributed by atoms with van der Waals surface area (Å²) in [6.07, 6.45) is 2.13. The summed E-state index contributed by atoms with van der Waals surface area (Å²) < 4.78 is 0. The molecule has 158 valence electrons. The van der Waals surface area contributed by atoms with E-state index < -0.39 is 5.60 Å². The molecule has 3 aliphatic rings. The van der Waals surface area contributed by atoms with Crippen molar-refractivity contribution in [1.29, 1.82) is 0 Å². The smallest absolute Gasteiger partial charge is 0.265 e. The fraction of sp³-hybridized carbons (Fsp3) is 0.500. The second-order valence-corrected chi connectivity index (χ2v) is 9.56. The lowest BCUT2D eigenvalue weighted by Crippen LogP contribution is -2.53. The molecule has 1 aliphatic carbocycles. The van der Waals surface area contributed by atoms with Gasteiger partial charge in [0.15, 0.2) is 0 Å². The molecule has 5 rings (SSSR count). The predicted molar refractivity (Wildman–Crippen MR) is 116 cm³/mol. The fourth-order valence-electron chi connectivity index (χ4n) is 4.30. The topological polar surface area (TPSA) is 77.0 Å². The first-order valence-electron chi connectivity index (χ1n) is 10.5. The van der Waals surface area contributed by atoms with Gasteiger partial charge in [0.05, 0.1) is 5.69 Å². The van der Waals surface area contributed by atoms with Crippen LogP contribution in [0, 0.1) is 6.92 Å². The zero-order valence-corrected chi connectivity index (χ0v) is 18.2. The Morgan fingerprint density at radius 2 is 1.80 bits per heavy atom. The van der Waals surface area contributed by atoms with Crippen molar-refractivity contribution in [1.82, 2.24) is 14.8 Å². The Labute approximate surface area is 179 Å². The van der Waals surface area contributed by atoms with Crippen LogP contribution in [0.15, 0.2) is 18.2 Å². The number of aromatic nitrogens is 1. The number of fused-ring (bicyclic) bond motifs is 1. The molecule has 2 amide bonds. The highest BCUT2D eigenvalue weighted by Gasteiger charge is 2.50. The highest BCUT2D eigenvalue weighted by Crippen LogP contribution is 2.37. The summed E-state index contributed by atoms with van der Waals surface area (Å²) in [4.78, 5) is 36.5. The average Bonchev–Trinajstić information content (AvgIpc) is 3.23. The molecule has 0 radical (unpaired) electrons. The SMILES string of the molecule is Cc1nc(-c2ccc3c(c2)CCN3C)sc1C(=O)N1CCN(C(=O)C2(O)CC2)CC1. The maximum Gasteiger partial charge on any atom is 0.265 e. The molecule has 1 saturated heterocycles. The Morgan fingerprint density at radius 3 is 2.50 bits per heavy atom. The highest BCUT2D eigenvalue weighted by atomic mass is 32.1. The van der Waals surface area contributed by atoms with E-state index in [0.717, 1.165) is 29.2 Å². The van der Waals surface area contributed by atoms with E-state index in [1.165, 1.54) is 22.6 Å². The molecule has 2 fully saturated rings. The molecule has 0 unspecified atom stereocenters. The minimum Gasteiger partial charge on any atom is -0.380 e. The summed E-state index contributed by atoms with van der Waals surface area (Å²) in [6, 6.07) is 6.42. The van der Waals surface area contributed by atoms with Crippen molar-refractivity contribution in [3.8, 4) is 10.6 Å². The quantitative estimate of drug-likeness (QED) is 0.812. The Balaban J connectivity index is 1.29. The van der Waals surface area contributed by atoms with E-state index in [1.54, 1.807) is 9.80 Å². The first kappa shape index (κ1) is 19.5. The number of amides is 2. The number of rotatable bonds is 3. The van der Waals surface area contributed by atoms with Crippen molar-refractivity contribution >= 4 is 28.8 Å². The number of aryl methyl sites for hydroxylation is 1. The van der Waals surface area contributed by atoms with Gasteiger partial charge in [-0.1, -0.05) is 0 Å². The number of nitrogens with zero attached hydrogens (tertiary/aromatic N) is 4. The molecule has 2 aliphatic heterocycles.